The molecule has 212 valence electrons. The molecule has 1 aliphatic heterocycles. The van der Waals surface area contributed by atoms with Gasteiger partial charge in [0.1, 0.15) is 6.54 Å². The van der Waals surface area contributed by atoms with E-state index in [-0.39, 0.29) is 48.2 Å². The van der Waals surface area contributed by atoms with Crippen LogP contribution in [0.25, 0.3) is 16.6 Å². The Balaban J connectivity index is 1.53. The Morgan fingerprint density at radius 2 is 1.63 bits per heavy atom. The summed E-state index contributed by atoms with van der Waals surface area (Å²) in [6.45, 7) is 5.23. The van der Waals surface area contributed by atoms with E-state index in [1.165, 1.54) is 16.7 Å². The molecule has 5 rings (SSSR count). The summed E-state index contributed by atoms with van der Waals surface area (Å²) in [5.74, 6) is 0.652. The molecule has 10 nitrogen and oxygen atoms in total. The number of ether oxygens (including phenoxy) is 2. The van der Waals surface area contributed by atoms with Gasteiger partial charge in [0.05, 0.1) is 16.6 Å². The monoisotopic (exact) mass is 556 g/mol. The third kappa shape index (κ3) is 5.72. The number of amides is 2. The Kier molecular flexibility index (Phi) is 8.19. The van der Waals surface area contributed by atoms with Crippen molar-refractivity contribution in [3.8, 4) is 17.2 Å². The molecule has 0 spiro atoms. The fourth-order valence-corrected chi connectivity index (χ4v) is 4.94. The van der Waals surface area contributed by atoms with Crippen LogP contribution in [0.5, 0.6) is 11.5 Å². The third-order valence-corrected chi connectivity index (χ3v) is 6.94. The Bertz CT molecular complexity index is 1700. The van der Waals surface area contributed by atoms with E-state index < -0.39 is 11.2 Å². The summed E-state index contributed by atoms with van der Waals surface area (Å²) in [5.41, 5.74) is 0.539. The molecule has 0 saturated carbocycles. The number of carbonyl (C=O) groups is 2. The number of nitrogens with zero attached hydrogens (tertiary/aromatic N) is 3. The van der Waals surface area contributed by atoms with E-state index in [0.29, 0.717) is 30.3 Å². The molecule has 1 aromatic heterocycles. The second-order valence-corrected chi connectivity index (χ2v) is 9.83. The Morgan fingerprint density at radius 3 is 2.37 bits per heavy atom. The van der Waals surface area contributed by atoms with Gasteiger partial charge >= 0.3 is 5.69 Å². The normalized spacial score (nSPS) is 12.0. The van der Waals surface area contributed by atoms with Crippen molar-refractivity contribution in [2.24, 2.45) is 0 Å². The molecule has 0 unspecified atom stereocenters. The molecule has 10 heteroatoms. The minimum atomic E-state index is -0.645. The SMILES string of the molecule is CCCN(CCC)C(=O)Cn1c(=O)n(-c2ccccc2)c(=O)c2ccc(C(=O)NCc3ccc4c(c3)OCO4)cc21. The zero-order valence-electron chi connectivity index (χ0n) is 23.1. The molecule has 0 fully saturated rings. The zero-order valence-corrected chi connectivity index (χ0v) is 23.1. The molecule has 2 amide bonds. The summed E-state index contributed by atoms with van der Waals surface area (Å²) < 4.78 is 13.1. The summed E-state index contributed by atoms with van der Waals surface area (Å²) in [5, 5.41) is 3.10. The maximum absolute atomic E-state index is 13.8. The van der Waals surface area contributed by atoms with Crippen molar-refractivity contribution < 1.29 is 19.1 Å². The lowest BCUT2D eigenvalue weighted by molar-refractivity contribution is -0.131. The molecule has 0 aliphatic carbocycles. The van der Waals surface area contributed by atoms with E-state index >= 15 is 0 Å². The Labute approximate surface area is 236 Å². The standard InChI is InChI=1S/C31H32N4O6/c1-3-14-33(15-4-2)28(36)19-34-25-17-22(29(37)32-18-21-10-13-26-27(16-21)41-20-40-26)11-12-24(25)30(38)35(31(34)39)23-8-6-5-7-9-23/h5-13,16-17H,3-4,14-15,18-20H2,1-2H3,(H,32,37). The van der Waals surface area contributed by atoms with Gasteiger partial charge in [0.2, 0.25) is 12.7 Å². The first kappa shape index (κ1) is 27.7. The number of aromatic nitrogens is 2. The molecule has 41 heavy (non-hydrogen) atoms. The van der Waals surface area contributed by atoms with E-state index in [4.69, 9.17) is 9.47 Å². The number of benzene rings is 3. The maximum atomic E-state index is 13.8. The van der Waals surface area contributed by atoms with Crippen molar-refractivity contribution in [2.75, 3.05) is 19.9 Å². The first-order valence-electron chi connectivity index (χ1n) is 13.7. The number of hydrogen-bond acceptors (Lipinski definition) is 6. The second-order valence-electron chi connectivity index (χ2n) is 9.83. The molecule has 0 radical (unpaired) electrons. The fourth-order valence-electron chi connectivity index (χ4n) is 4.94. The van der Waals surface area contributed by atoms with Crippen molar-refractivity contribution in [2.45, 2.75) is 39.8 Å². The number of carbonyl (C=O) groups excluding carboxylic acids is 2. The van der Waals surface area contributed by atoms with Crippen LogP contribution >= 0.6 is 0 Å². The van der Waals surface area contributed by atoms with Crippen LogP contribution in [0.2, 0.25) is 0 Å². The molecule has 4 aromatic rings. The number of hydrogen-bond donors (Lipinski definition) is 1. The van der Waals surface area contributed by atoms with E-state index in [0.717, 1.165) is 23.0 Å². The van der Waals surface area contributed by atoms with Gasteiger partial charge in [-0.25, -0.2) is 9.36 Å². The molecule has 1 N–H and O–H groups in total. The minimum Gasteiger partial charge on any atom is -0.454 e. The lowest BCUT2D eigenvalue weighted by Crippen LogP contribution is -2.43. The van der Waals surface area contributed by atoms with Gasteiger partial charge in [-0.2, -0.15) is 0 Å². The molecule has 0 bridgehead atoms. The molecule has 2 heterocycles. The van der Waals surface area contributed by atoms with Crippen molar-refractivity contribution in [3.63, 3.8) is 0 Å². The van der Waals surface area contributed by atoms with Crippen LogP contribution in [0, 0.1) is 0 Å². The van der Waals surface area contributed by atoms with Gasteiger partial charge in [0.15, 0.2) is 11.5 Å². The molecule has 0 saturated heterocycles. The van der Waals surface area contributed by atoms with Gasteiger partial charge < -0.3 is 19.7 Å². The lowest BCUT2D eigenvalue weighted by Gasteiger charge is -2.23. The number of para-hydroxylation sites is 1. The van der Waals surface area contributed by atoms with E-state index in [1.807, 2.05) is 19.9 Å². The number of rotatable bonds is 10. The first-order valence-corrected chi connectivity index (χ1v) is 13.7. The Morgan fingerprint density at radius 1 is 0.902 bits per heavy atom. The molecule has 1 aliphatic rings. The summed E-state index contributed by atoms with van der Waals surface area (Å²) in [6.07, 6.45) is 1.55. The van der Waals surface area contributed by atoms with Crippen molar-refractivity contribution >= 4 is 22.7 Å². The highest BCUT2D eigenvalue weighted by molar-refractivity contribution is 5.98. The van der Waals surface area contributed by atoms with Crippen molar-refractivity contribution in [3.05, 3.63) is 98.7 Å². The van der Waals surface area contributed by atoms with E-state index in [1.54, 1.807) is 53.4 Å². The molecular formula is C31H32N4O6. The van der Waals surface area contributed by atoms with Crippen molar-refractivity contribution in [1.29, 1.82) is 0 Å². The predicted molar refractivity (Wildman–Crippen MR) is 155 cm³/mol. The van der Waals surface area contributed by atoms with Crippen LogP contribution in [-0.2, 0) is 17.9 Å². The summed E-state index contributed by atoms with van der Waals surface area (Å²) in [6, 6.07) is 18.6. The second kappa shape index (κ2) is 12.1. The minimum absolute atomic E-state index is 0.160. The van der Waals surface area contributed by atoms with E-state index in [9.17, 15) is 19.2 Å². The van der Waals surface area contributed by atoms with Crippen LogP contribution < -0.4 is 26.0 Å². The van der Waals surface area contributed by atoms with Crippen LogP contribution in [0.4, 0.5) is 0 Å². The average Bonchev–Trinajstić information content (AvgIpc) is 3.46. The summed E-state index contributed by atoms with van der Waals surface area (Å²) in [7, 11) is 0. The van der Waals surface area contributed by atoms with Crippen LogP contribution in [0.1, 0.15) is 42.6 Å². The summed E-state index contributed by atoms with van der Waals surface area (Å²) >= 11 is 0. The lowest BCUT2D eigenvalue weighted by atomic mass is 10.1. The Hall–Kier alpha value is -4.86. The average molecular weight is 557 g/mol. The third-order valence-electron chi connectivity index (χ3n) is 6.94. The maximum Gasteiger partial charge on any atom is 0.336 e. The number of nitrogens with one attached hydrogen (secondary N) is 1. The smallest absolute Gasteiger partial charge is 0.336 e. The zero-order chi connectivity index (χ0) is 28.9. The van der Waals surface area contributed by atoms with Gasteiger partial charge in [-0.3, -0.25) is 19.0 Å². The quantitative estimate of drug-likeness (QED) is 0.320. The van der Waals surface area contributed by atoms with Gasteiger partial charge in [-0.15, -0.1) is 0 Å². The summed E-state index contributed by atoms with van der Waals surface area (Å²) in [4.78, 5) is 55.6. The van der Waals surface area contributed by atoms with Crippen LogP contribution in [0.3, 0.4) is 0 Å². The van der Waals surface area contributed by atoms with E-state index in [2.05, 4.69) is 5.32 Å². The highest BCUT2D eigenvalue weighted by atomic mass is 16.7. The molecule has 3 aromatic carbocycles. The highest BCUT2D eigenvalue weighted by Crippen LogP contribution is 2.32. The number of fused-ring (bicyclic) bond motifs is 2. The van der Waals surface area contributed by atoms with Crippen LogP contribution in [-0.4, -0.2) is 45.7 Å². The topological polar surface area (TPSA) is 112 Å². The molecule has 0 atom stereocenters. The van der Waals surface area contributed by atoms with Gasteiger partial charge in [0, 0.05) is 25.2 Å². The molecular weight excluding hydrogens is 524 g/mol. The first-order chi connectivity index (χ1) is 19.9. The highest BCUT2D eigenvalue weighted by Gasteiger charge is 2.21. The fraction of sp³-hybridized carbons (Fsp3) is 0.290. The van der Waals surface area contributed by atoms with Gasteiger partial charge in [0.25, 0.3) is 11.5 Å². The largest absolute Gasteiger partial charge is 0.454 e. The van der Waals surface area contributed by atoms with Gasteiger partial charge in [-0.1, -0.05) is 38.1 Å². The van der Waals surface area contributed by atoms with Crippen molar-refractivity contribution in [1.82, 2.24) is 19.4 Å². The predicted octanol–water partition coefficient (Wildman–Crippen LogP) is 3.46. The van der Waals surface area contributed by atoms with Crippen LogP contribution in [0.15, 0.2) is 76.3 Å². The van der Waals surface area contributed by atoms with Gasteiger partial charge in [-0.05, 0) is 60.9 Å².